The number of alkyl halides is 2. The van der Waals surface area contributed by atoms with Crippen LogP contribution >= 0.6 is 0 Å². The van der Waals surface area contributed by atoms with E-state index in [-0.39, 0.29) is 6.42 Å². The summed E-state index contributed by atoms with van der Waals surface area (Å²) in [5, 5.41) is 17.1. The summed E-state index contributed by atoms with van der Waals surface area (Å²) < 4.78 is 25.7. The quantitative estimate of drug-likeness (QED) is 0.337. The Labute approximate surface area is 222 Å². The molecule has 38 heavy (non-hydrogen) atoms. The molecular formula is C29H37F2N5O2. The molecular weight excluding hydrogens is 488 g/mol. The predicted molar refractivity (Wildman–Crippen MR) is 144 cm³/mol. The van der Waals surface area contributed by atoms with Crippen molar-refractivity contribution in [2.45, 2.75) is 70.4 Å². The number of anilines is 1. The standard InChI is InChI=1S/C16H19N3O2.C13H18F2N2/c20-16(21)15(18-8-4-5-9-18)14-10-17-19(12-14)11-13-6-2-1-3-7-13;14-12(15)6-2-1-5-11-8-7-10-4-3-9-16-13(10)17-11/h1-3,6-7,10,12,15H,4-5,8-9,11H2,(H,20,21);7-8,12H,1-6,9H2,(H,16,17). The Bertz CT molecular complexity index is 1150. The number of hydrogen-bond acceptors (Lipinski definition) is 5. The highest BCUT2D eigenvalue weighted by Gasteiger charge is 2.30. The lowest BCUT2D eigenvalue weighted by Gasteiger charge is -2.22. The Morgan fingerprint density at radius 1 is 1.05 bits per heavy atom. The largest absolute Gasteiger partial charge is 0.480 e. The molecule has 9 heteroatoms. The maximum Gasteiger partial charge on any atom is 0.325 e. The number of hydrogen-bond donors (Lipinski definition) is 2. The van der Waals surface area contributed by atoms with Crippen molar-refractivity contribution in [1.82, 2.24) is 19.7 Å². The molecule has 204 valence electrons. The molecule has 2 N–H and O–H groups in total. The molecule has 7 nitrogen and oxygen atoms in total. The highest BCUT2D eigenvalue weighted by molar-refractivity contribution is 5.75. The number of carboxylic acid groups (broad SMARTS) is 1. The highest BCUT2D eigenvalue weighted by Crippen LogP contribution is 2.25. The SMILES string of the molecule is FC(F)CCCCc1ccc2c(n1)NCCC2.O=C(O)C(c1cnn(Cc2ccccc2)c1)N1CCCC1. The number of nitrogens with one attached hydrogen (secondary N) is 1. The zero-order valence-electron chi connectivity index (χ0n) is 21.7. The second-order valence-electron chi connectivity index (χ2n) is 9.92. The highest BCUT2D eigenvalue weighted by atomic mass is 19.3. The molecule has 2 aromatic heterocycles. The first-order valence-electron chi connectivity index (χ1n) is 13.5. The van der Waals surface area contributed by atoms with Crippen molar-refractivity contribution in [3.63, 3.8) is 0 Å². The number of aryl methyl sites for hydroxylation is 2. The molecule has 3 aromatic rings. The zero-order valence-corrected chi connectivity index (χ0v) is 21.7. The Hall–Kier alpha value is -3.33. The number of halogens is 2. The van der Waals surface area contributed by atoms with Crippen molar-refractivity contribution >= 4 is 11.8 Å². The zero-order chi connectivity index (χ0) is 26.7. The molecule has 2 aliphatic heterocycles. The second kappa shape index (κ2) is 14.0. The molecule has 1 saturated heterocycles. The minimum absolute atomic E-state index is 0.00317. The van der Waals surface area contributed by atoms with E-state index in [1.165, 1.54) is 5.56 Å². The van der Waals surface area contributed by atoms with Crippen LogP contribution in [0, 0.1) is 0 Å². The monoisotopic (exact) mass is 525 g/mol. The molecule has 1 aromatic carbocycles. The fraction of sp³-hybridized carbons (Fsp3) is 0.483. The van der Waals surface area contributed by atoms with Gasteiger partial charge in [0.15, 0.2) is 0 Å². The number of likely N-dealkylation sites (tertiary alicyclic amines) is 1. The number of unbranched alkanes of at least 4 members (excludes halogenated alkanes) is 1. The normalized spacial score (nSPS) is 15.9. The van der Waals surface area contributed by atoms with Gasteiger partial charge in [-0.15, -0.1) is 0 Å². The van der Waals surface area contributed by atoms with Crippen molar-refractivity contribution in [3.05, 3.63) is 77.2 Å². The average molecular weight is 526 g/mol. The van der Waals surface area contributed by atoms with E-state index < -0.39 is 18.4 Å². The smallest absolute Gasteiger partial charge is 0.325 e. The summed E-state index contributed by atoms with van der Waals surface area (Å²) in [7, 11) is 0. The summed E-state index contributed by atoms with van der Waals surface area (Å²) in [4.78, 5) is 18.1. The van der Waals surface area contributed by atoms with Gasteiger partial charge in [-0.25, -0.2) is 13.8 Å². The van der Waals surface area contributed by atoms with E-state index in [2.05, 4.69) is 21.5 Å². The topological polar surface area (TPSA) is 83.3 Å². The van der Waals surface area contributed by atoms with Crippen molar-refractivity contribution in [2.24, 2.45) is 0 Å². The molecule has 5 rings (SSSR count). The van der Waals surface area contributed by atoms with Crippen molar-refractivity contribution in [1.29, 1.82) is 0 Å². The van der Waals surface area contributed by atoms with E-state index in [0.717, 1.165) is 80.8 Å². The fourth-order valence-electron chi connectivity index (χ4n) is 5.00. The summed E-state index contributed by atoms with van der Waals surface area (Å²) in [6, 6.07) is 13.6. The van der Waals surface area contributed by atoms with Crippen molar-refractivity contribution in [3.8, 4) is 0 Å². The number of rotatable bonds is 10. The minimum atomic E-state index is -2.17. The average Bonchev–Trinajstić information content (AvgIpc) is 3.61. The first-order chi connectivity index (χ1) is 18.5. The molecule has 1 fully saturated rings. The van der Waals surface area contributed by atoms with E-state index in [1.807, 2.05) is 47.5 Å². The first kappa shape index (κ1) is 27.7. The van der Waals surface area contributed by atoms with Gasteiger partial charge in [0.25, 0.3) is 0 Å². The van der Waals surface area contributed by atoms with Gasteiger partial charge in [0.1, 0.15) is 11.9 Å². The van der Waals surface area contributed by atoms with Crippen LogP contribution in [0.1, 0.15) is 67.0 Å². The van der Waals surface area contributed by atoms with E-state index in [0.29, 0.717) is 13.0 Å². The van der Waals surface area contributed by atoms with E-state index in [1.54, 1.807) is 10.9 Å². The van der Waals surface area contributed by atoms with Crippen molar-refractivity contribution < 1.29 is 18.7 Å². The van der Waals surface area contributed by atoms with E-state index in [4.69, 9.17) is 0 Å². The molecule has 1 unspecified atom stereocenters. The molecule has 1 atom stereocenters. The van der Waals surface area contributed by atoms with Gasteiger partial charge in [-0.05, 0) is 75.2 Å². The Balaban J connectivity index is 0.000000181. The van der Waals surface area contributed by atoms with E-state index in [9.17, 15) is 18.7 Å². The lowest BCUT2D eigenvalue weighted by molar-refractivity contribution is -0.143. The van der Waals surface area contributed by atoms with Gasteiger partial charge >= 0.3 is 5.97 Å². The molecule has 0 bridgehead atoms. The van der Waals surface area contributed by atoms with Crippen LogP contribution in [-0.4, -0.2) is 56.8 Å². The number of carbonyl (C=O) groups is 1. The van der Waals surface area contributed by atoms with Crippen molar-refractivity contribution in [2.75, 3.05) is 25.0 Å². The first-order valence-corrected chi connectivity index (χ1v) is 13.5. The second-order valence-corrected chi connectivity index (χ2v) is 9.92. The van der Waals surface area contributed by atoms with Crippen LogP contribution in [0.25, 0.3) is 0 Å². The molecule has 0 aliphatic carbocycles. The molecule has 0 spiro atoms. The number of carboxylic acids is 1. The maximum atomic E-state index is 12.0. The van der Waals surface area contributed by atoms with Gasteiger partial charge < -0.3 is 10.4 Å². The van der Waals surface area contributed by atoms with Crippen LogP contribution in [0.15, 0.2) is 54.9 Å². The number of aromatic nitrogens is 3. The minimum Gasteiger partial charge on any atom is -0.480 e. The summed E-state index contributed by atoms with van der Waals surface area (Å²) in [5.41, 5.74) is 4.19. The number of benzene rings is 1. The predicted octanol–water partition coefficient (Wildman–Crippen LogP) is 5.57. The molecule has 2 aliphatic rings. The molecule has 0 amide bonds. The van der Waals surface area contributed by atoms with Gasteiger partial charge in [0, 0.05) is 30.4 Å². The van der Waals surface area contributed by atoms with Gasteiger partial charge in [0.2, 0.25) is 6.43 Å². The number of fused-ring (bicyclic) bond motifs is 1. The van der Waals surface area contributed by atoms with Gasteiger partial charge in [-0.1, -0.05) is 36.4 Å². The lowest BCUT2D eigenvalue weighted by atomic mass is 10.1. The fourth-order valence-corrected chi connectivity index (χ4v) is 5.00. The number of nitrogens with zero attached hydrogens (tertiary/aromatic N) is 4. The van der Waals surface area contributed by atoms with Crippen LogP contribution in [0.3, 0.4) is 0 Å². The van der Waals surface area contributed by atoms with Crippen LogP contribution in [0.4, 0.5) is 14.6 Å². The third-order valence-electron chi connectivity index (χ3n) is 6.95. The van der Waals surface area contributed by atoms with E-state index >= 15 is 0 Å². The van der Waals surface area contributed by atoms with Gasteiger partial charge in [-0.3, -0.25) is 14.4 Å². The Morgan fingerprint density at radius 2 is 1.84 bits per heavy atom. The summed E-state index contributed by atoms with van der Waals surface area (Å²) in [6.45, 7) is 3.34. The van der Waals surface area contributed by atoms with Crippen LogP contribution in [0.5, 0.6) is 0 Å². The third kappa shape index (κ3) is 8.08. The van der Waals surface area contributed by atoms with Crippen LogP contribution in [0.2, 0.25) is 0 Å². The van der Waals surface area contributed by atoms with Crippen LogP contribution < -0.4 is 5.32 Å². The lowest BCUT2D eigenvalue weighted by Crippen LogP contribution is -2.31. The van der Waals surface area contributed by atoms with Gasteiger partial charge in [0.05, 0.1) is 12.7 Å². The molecule has 0 radical (unpaired) electrons. The Kier molecular flexibility index (Phi) is 10.2. The summed E-state index contributed by atoms with van der Waals surface area (Å²) >= 11 is 0. The number of pyridine rings is 1. The Morgan fingerprint density at radius 3 is 2.58 bits per heavy atom. The summed E-state index contributed by atoms with van der Waals surface area (Å²) in [6.07, 6.45) is 7.90. The van der Waals surface area contributed by atoms with Crippen LogP contribution in [-0.2, 0) is 24.2 Å². The maximum absolute atomic E-state index is 12.0. The van der Waals surface area contributed by atoms with Gasteiger partial charge in [-0.2, -0.15) is 5.10 Å². The number of aliphatic carboxylic acids is 1. The third-order valence-corrected chi connectivity index (χ3v) is 6.95. The molecule has 4 heterocycles. The summed E-state index contributed by atoms with van der Waals surface area (Å²) in [5.74, 6) is 0.193. The molecule has 0 saturated carbocycles.